The molecule has 140 valence electrons. The third kappa shape index (κ3) is 4.74. The zero-order chi connectivity index (χ0) is 19.4. The number of aromatic nitrogens is 4. The van der Waals surface area contributed by atoms with Crippen LogP contribution in [0.4, 0.5) is 5.69 Å². The SMILES string of the molecule is Cc1ccc(NC(=O)CSc2nnnn2-c2ccc(C(C)C)cc2)c(C)c1. The van der Waals surface area contributed by atoms with E-state index < -0.39 is 0 Å². The predicted octanol–water partition coefficient (Wildman–Crippen LogP) is 4.13. The van der Waals surface area contributed by atoms with Crippen LogP contribution in [0.1, 0.15) is 36.5 Å². The summed E-state index contributed by atoms with van der Waals surface area (Å²) in [6.45, 7) is 8.32. The van der Waals surface area contributed by atoms with Gasteiger partial charge in [-0.1, -0.05) is 55.4 Å². The summed E-state index contributed by atoms with van der Waals surface area (Å²) in [5, 5.41) is 15.4. The van der Waals surface area contributed by atoms with Crippen LogP contribution in [0.2, 0.25) is 0 Å². The van der Waals surface area contributed by atoms with E-state index in [0.29, 0.717) is 11.1 Å². The van der Waals surface area contributed by atoms with Gasteiger partial charge in [-0.05, 0) is 59.5 Å². The van der Waals surface area contributed by atoms with E-state index in [0.717, 1.165) is 16.9 Å². The molecule has 0 saturated carbocycles. The Labute approximate surface area is 163 Å². The van der Waals surface area contributed by atoms with Crippen molar-refractivity contribution in [1.82, 2.24) is 20.2 Å². The van der Waals surface area contributed by atoms with E-state index >= 15 is 0 Å². The third-order valence-electron chi connectivity index (χ3n) is 4.23. The van der Waals surface area contributed by atoms with Crippen molar-refractivity contribution in [2.45, 2.75) is 38.8 Å². The molecule has 0 fully saturated rings. The summed E-state index contributed by atoms with van der Waals surface area (Å²) in [4.78, 5) is 12.3. The summed E-state index contributed by atoms with van der Waals surface area (Å²) in [6, 6.07) is 14.1. The fourth-order valence-electron chi connectivity index (χ4n) is 2.70. The first-order valence-corrected chi connectivity index (χ1v) is 9.81. The zero-order valence-electron chi connectivity index (χ0n) is 15.9. The number of nitrogens with zero attached hydrogens (tertiary/aromatic N) is 4. The number of thioether (sulfide) groups is 1. The van der Waals surface area contributed by atoms with Crippen molar-refractivity contribution in [3.8, 4) is 5.69 Å². The Morgan fingerprint density at radius 1 is 1.15 bits per heavy atom. The lowest BCUT2D eigenvalue weighted by Crippen LogP contribution is -2.15. The molecule has 0 aliphatic heterocycles. The molecule has 0 radical (unpaired) electrons. The summed E-state index contributed by atoms with van der Waals surface area (Å²) >= 11 is 1.31. The first-order valence-electron chi connectivity index (χ1n) is 8.82. The first kappa shape index (κ1) is 19.1. The van der Waals surface area contributed by atoms with Crippen LogP contribution >= 0.6 is 11.8 Å². The van der Waals surface area contributed by atoms with Crippen molar-refractivity contribution in [2.75, 3.05) is 11.1 Å². The summed E-state index contributed by atoms with van der Waals surface area (Å²) in [5.41, 5.74) is 5.18. The van der Waals surface area contributed by atoms with E-state index in [1.165, 1.54) is 22.9 Å². The van der Waals surface area contributed by atoms with Gasteiger partial charge in [0.2, 0.25) is 11.1 Å². The van der Waals surface area contributed by atoms with Crippen molar-refractivity contribution >= 4 is 23.4 Å². The molecule has 27 heavy (non-hydrogen) atoms. The summed E-state index contributed by atoms with van der Waals surface area (Å²) in [7, 11) is 0. The number of hydrogen-bond acceptors (Lipinski definition) is 5. The van der Waals surface area contributed by atoms with Gasteiger partial charge in [0.05, 0.1) is 11.4 Å². The molecule has 1 heterocycles. The number of hydrogen-bond donors (Lipinski definition) is 1. The molecule has 3 aromatic rings. The topological polar surface area (TPSA) is 72.7 Å². The van der Waals surface area contributed by atoms with Gasteiger partial charge in [-0.2, -0.15) is 4.68 Å². The van der Waals surface area contributed by atoms with E-state index in [2.05, 4.69) is 46.8 Å². The van der Waals surface area contributed by atoms with Crippen LogP contribution in [0.5, 0.6) is 0 Å². The first-order chi connectivity index (χ1) is 12.9. The molecule has 3 rings (SSSR count). The van der Waals surface area contributed by atoms with Crippen LogP contribution in [0.15, 0.2) is 47.6 Å². The molecule has 6 nitrogen and oxygen atoms in total. The highest BCUT2D eigenvalue weighted by Gasteiger charge is 2.12. The second-order valence-electron chi connectivity index (χ2n) is 6.77. The van der Waals surface area contributed by atoms with Gasteiger partial charge >= 0.3 is 0 Å². The van der Waals surface area contributed by atoms with E-state index in [1.807, 2.05) is 44.2 Å². The highest BCUT2D eigenvalue weighted by molar-refractivity contribution is 7.99. The quantitative estimate of drug-likeness (QED) is 0.650. The van der Waals surface area contributed by atoms with Crippen LogP contribution in [0.25, 0.3) is 5.69 Å². The standard InChI is InChI=1S/C20H23N5OS/c1-13(2)16-6-8-17(9-7-16)25-20(22-23-24-25)27-12-19(26)21-18-10-5-14(3)11-15(18)4/h5-11,13H,12H2,1-4H3,(H,21,26). The van der Waals surface area contributed by atoms with Crippen molar-refractivity contribution in [3.63, 3.8) is 0 Å². The molecule has 1 amide bonds. The number of anilines is 1. The van der Waals surface area contributed by atoms with Gasteiger partial charge in [0, 0.05) is 5.69 Å². The van der Waals surface area contributed by atoms with Crippen molar-refractivity contribution in [1.29, 1.82) is 0 Å². The number of aryl methyl sites for hydroxylation is 2. The molecule has 1 aromatic heterocycles. The van der Waals surface area contributed by atoms with Crippen LogP contribution < -0.4 is 5.32 Å². The molecule has 0 spiro atoms. The monoisotopic (exact) mass is 381 g/mol. The maximum absolute atomic E-state index is 12.3. The van der Waals surface area contributed by atoms with Crippen LogP contribution in [-0.4, -0.2) is 31.9 Å². The normalized spacial score (nSPS) is 11.0. The summed E-state index contributed by atoms with van der Waals surface area (Å²) in [6.07, 6.45) is 0. The Balaban J connectivity index is 1.65. The Morgan fingerprint density at radius 3 is 2.56 bits per heavy atom. The molecule has 0 aliphatic rings. The van der Waals surface area contributed by atoms with Gasteiger partial charge in [0.15, 0.2) is 0 Å². The predicted molar refractivity (Wildman–Crippen MR) is 109 cm³/mol. The molecule has 0 atom stereocenters. The molecule has 0 aliphatic carbocycles. The molecule has 0 saturated heterocycles. The van der Waals surface area contributed by atoms with E-state index in [1.54, 1.807) is 4.68 Å². The third-order valence-corrected chi connectivity index (χ3v) is 5.15. The van der Waals surface area contributed by atoms with Crippen LogP contribution in [0, 0.1) is 13.8 Å². The Morgan fingerprint density at radius 2 is 1.89 bits per heavy atom. The molecule has 2 aromatic carbocycles. The highest BCUT2D eigenvalue weighted by atomic mass is 32.2. The second kappa shape index (κ2) is 8.35. The van der Waals surface area contributed by atoms with Crippen molar-refractivity contribution in [2.24, 2.45) is 0 Å². The summed E-state index contributed by atoms with van der Waals surface area (Å²) in [5.74, 6) is 0.616. The number of benzene rings is 2. The molecular weight excluding hydrogens is 358 g/mol. The molecule has 1 N–H and O–H groups in total. The maximum Gasteiger partial charge on any atom is 0.234 e. The molecule has 0 bridgehead atoms. The maximum atomic E-state index is 12.3. The number of amides is 1. The smallest absolute Gasteiger partial charge is 0.234 e. The fraction of sp³-hybridized carbons (Fsp3) is 0.300. The minimum absolute atomic E-state index is 0.0864. The van der Waals surface area contributed by atoms with Gasteiger partial charge in [-0.15, -0.1) is 5.10 Å². The molecule has 7 heteroatoms. The van der Waals surface area contributed by atoms with Crippen molar-refractivity contribution in [3.05, 3.63) is 59.2 Å². The van der Waals surface area contributed by atoms with Crippen LogP contribution in [0.3, 0.4) is 0 Å². The average molecular weight is 382 g/mol. The lowest BCUT2D eigenvalue weighted by atomic mass is 10.0. The van der Waals surface area contributed by atoms with Gasteiger partial charge in [0.1, 0.15) is 0 Å². The average Bonchev–Trinajstić information content (AvgIpc) is 3.11. The van der Waals surface area contributed by atoms with Gasteiger partial charge in [-0.3, -0.25) is 4.79 Å². The Bertz CT molecular complexity index is 934. The number of rotatable bonds is 6. The largest absolute Gasteiger partial charge is 0.325 e. The van der Waals surface area contributed by atoms with Gasteiger partial charge < -0.3 is 5.32 Å². The van der Waals surface area contributed by atoms with Crippen LogP contribution in [-0.2, 0) is 4.79 Å². The molecular formula is C20H23N5OS. The fourth-order valence-corrected chi connectivity index (χ4v) is 3.39. The van der Waals surface area contributed by atoms with Crippen molar-refractivity contribution < 1.29 is 4.79 Å². The lowest BCUT2D eigenvalue weighted by Gasteiger charge is -2.09. The van der Waals surface area contributed by atoms with Gasteiger partial charge in [-0.25, -0.2) is 0 Å². The minimum atomic E-state index is -0.0864. The zero-order valence-corrected chi connectivity index (χ0v) is 16.7. The molecule has 0 unspecified atom stereocenters. The number of carbonyl (C=O) groups excluding carboxylic acids is 1. The Hall–Kier alpha value is -2.67. The number of carbonyl (C=O) groups is 1. The number of nitrogens with one attached hydrogen (secondary N) is 1. The summed E-state index contributed by atoms with van der Waals surface area (Å²) < 4.78 is 1.65. The number of tetrazole rings is 1. The van der Waals surface area contributed by atoms with E-state index in [-0.39, 0.29) is 11.7 Å². The Kier molecular flexibility index (Phi) is 5.91. The van der Waals surface area contributed by atoms with E-state index in [9.17, 15) is 4.79 Å². The minimum Gasteiger partial charge on any atom is -0.325 e. The highest BCUT2D eigenvalue weighted by Crippen LogP contribution is 2.22. The van der Waals surface area contributed by atoms with E-state index in [4.69, 9.17) is 0 Å². The van der Waals surface area contributed by atoms with Gasteiger partial charge in [0.25, 0.3) is 0 Å². The lowest BCUT2D eigenvalue weighted by molar-refractivity contribution is -0.113. The second-order valence-corrected chi connectivity index (χ2v) is 7.72.